The van der Waals surface area contributed by atoms with Crippen molar-refractivity contribution in [3.05, 3.63) is 0 Å². The number of hydrogen-bond acceptors (Lipinski definition) is 6. The van der Waals surface area contributed by atoms with E-state index in [1.165, 1.54) is 154 Å². The summed E-state index contributed by atoms with van der Waals surface area (Å²) in [7, 11) is 0. The molecular weight excluding hydrogens is 709 g/mol. The van der Waals surface area contributed by atoms with Crippen molar-refractivity contribution in [1.82, 2.24) is 0 Å². The molecule has 0 saturated heterocycles. The summed E-state index contributed by atoms with van der Waals surface area (Å²) in [6, 6.07) is 0. The zero-order chi connectivity index (χ0) is 42.0. The Balaban J connectivity index is 4.26. The van der Waals surface area contributed by atoms with Gasteiger partial charge in [-0.1, -0.05) is 234 Å². The van der Waals surface area contributed by atoms with Crippen LogP contribution in [0.25, 0.3) is 0 Å². The van der Waals surface area contributed by atoms with Gasteiger partial charge < -0.3 is 14.2 Å². The van der Waals surface area contributed by atoms with Gasteiger partial charge in [-0.3, -0.25) is 14.4 Å². The third-order valence-corrected chi connectivity index (χ3v) is 11.8. The Labute approximate surface area is 355 Å². The van der Waals surface area contributed by atoms with Gasteiger partial charge in [0.2, 0.25) is 0 Å². The van der Waals surface area contributed by atoms with Gasteiger partial charge in [-0.2, -0.15) is 0 Å². The zero-order valence-corrected chi connectivity index (χ0v) is 39.1. The number of ether oxygens (including phenoxy) is 3. The third kappa shape index (κ3) is 43.8. The first-order valence-electron chi connectivity index (χ1n) is 25.1. The summed E-state index contributed by atoms with van der Waals surface area (Å²) in [5.41, 5.74) is 0. The van der Waals surface area contributed by atoms with Crippen LogP contribution in [-0.2, 0) is 28.6 Å². The summed E-state index contributed by atoms with van der Waals surface area (Å²) in [5.74, 6) is 1.61. The Bertz CT molecular complexity index is 885. The van der Waals surface area contributed by atoms with E-state index in [4.69, 9.17) is 14.2 Å². The highest BCUT2D eigenvalue weighted by atomic mass is 16.6. The number of carbonyl (C=O) groups is 3. The predicted octanol–water partition coefficient (Wildman–Crippen LogP) is 16.0. The molecule has 0 spiro atoms. The van der Waals surface area contributed by atoms with Crippen molar-refractivity contribution in [1.29, 1.82) is 0 Å². The fourth-order valence-electron chi connectivity index (χ4n) is 7.55. The van der Waals surface area contributed by atoms with Gasteiger partial charge in [0.05, 0.1) is 0 Å². The first kappa shape index (κ1) is 55.4. The Morgan fingerprint density at radius 3 is 0.912 bits per heavy atom. The van der Waals surface area contributed by atoms with Crippen LogP contribution in [0.15, 0.2) is 0 Å². The van der Waals surface area contributed by atoms with Gasteiger partial charge >= 0.3 is 17.9 Å². The summed E-state index contributed by atoms with van der Waals surface area (Å²) in [4.78, 5) is 37.8. The molecule has 0 bridgehead atoms. The Morgan fingerprint density at radius 2 is 0.614 bits per heavy atom. The minimum Gasteiger partial charge on any atom is -0.462 e. The summed E-state index contributed by atoms with van der Waals surface area (Å²) < 4.78 is 16.8. The molecule has 1 unspecified atom stereocenters. The average Bonchev–Trinajstić information content (AvgIpc) is 3.18. The molecule has 0 N–H and O–H groups in total. The Hall–Kier alpha value is -1.59. The van der Waals surface area contributed by atoms with Crippen LogP contribution < -0.4 is 0 Å². The molecule has 0 aromatic heterocycles. The molecule has 0 aromatic carbocycles. The van der Waals surface area contributed by atoms with Crippen LogP contribution in [0.4, 0.5) is 0 Å². The SMILES string of the molecule is CCC(C)CCCCCCCCCCCCCCCCC(=O)OC[C@H](COC(=O)CCCCCCCCCC(C)C)OC(=O)CCCCCCCCCCC(C)C. The lowest BCUT2D eigenvalue weighted by atomic mass is 9.99. The normalized spacial score (nSPS) is 12.6. The van der Waals surface area contributed by atoms with E-state index in [0.717, 1.165) is 75.5 Å². The number of hydrogen-bond donors (Lipinski definition) is 0. The van der Waals surface area contributed by atoms with Crippen LogP contribution in [0, 0.1) is 17.8 Å². The number of carbonyl (C=O) groups excluding carboxylic acids is 3. The summed E-state index contributed by atoms with van der Waals surface area (Å²) in [6.07, 6.45) is 41.0. The largest absolute Gasteiger partial charge is 0.462 e. The molecule has 0 saturated carbocycles. The van der Waals surface area contributed by atoms with Crippen molar-refractivity contribution < 1.29 is 28.6 Å². The second kappa shape index (κ2) is 42.5. The fraction of sp³-hybridized carbons (Fsp3) is 0.941. The predicted molar refractivity (Wildman–Crippen MR) is 243 cm³/mol. The zero-order valence-electron chi connectivity index (χ0n) is 39.1. The minimum atomic E-state index is -0.762. The van der Waals surface area contributed by atoms with Gasteiger partial charge in [0.15, 0.2) is 6.10 Å². The van der Waals surface area contributed by atoms with Crippen molar-refractivity contribution in [2.75, 3.05) is 13.2 Å². The highest BCUT2D eigenvalue weighted by Crippen LogP contribution is 2.18. The molecule has 0 rings (SSSR count). The molecule has 57 heavy (non-hydrogen) atoms. The number of rotatable bonds is 44. The van der Waals surface area contributed by atoms with Crippen molar-refractivity contribution in [2.24, 2.45) is 17.8 Å². The molecule has 0 fully saturated rings. The second-order valence-corrected chi connectivity index (χ2v) is 18.6. The van der Waals surface area contributed by atoms with Crippen molar-refractivity contribution in [2.45, 2.75) is 279 Å². The van der Waals surface area contributed by atoms with Gasteiger partial charge in [0.25, 0.3) is 0 Å². The Morgan fingerprint density at radius 1 is 0.351 bits per heavy atom. The molecule has 0 aliphatic rings. The van der Waals surface area contributed by atoms with E-state index in [9.17, 15) is 14.4 Å². The van der Waals surface area contributed by atoms with E-state index >= 15 is 0 Å². The lowest BCUT2D eigenvalue weighted by Gasteiger charge is -2.18. The van der Waals surface area contributed by atoms with Gasteiger partial charge in [0.1, 0.15) is 13.2 Å². The van der Waals surface area contributed by atoms with Crippen LogP contribution in [0.1, 0.15) is 273 Å². The van der Waals surface area contributed by atoms with Crippen LogP contribution in [-0.4, -0.2) is 37.2 Å². The molecule has 6 nitrogen and oxygen atoms in total. The maximum absolute atomic E-state index is 12.7. The van der Waals surface area contributed by atoms with Crippen LogP contribution in [0.5, 0.6) is 0 Å². The average molecular weight is 807 g/mol. The molecule has 0 heterocycles. The van der Waals surface area contributed by atoms with Crippen LogP contribution in [0.3, 0.4) is 0 Å². The van der Waals surface area contributed by atoms with E-state index in [0.29, 0.717) is 19.3 Å². The van der Waals surface area contributed by atoms with E-state index in [-0.39, 0.29) is 31.1 Å². The highest BCUT2D eigenvalue weighted by molar-refractivity contribution is 5.71. The maximum Gasteiger partial charge on any atom is 0.306 e. The molecular formula is C51H98O6. The van der Waals surface area contributed by atoms with Crippen molar-refractivity contribution in [3.63, 3.8) is 0 Å². The van der Waals surface area contributed by atoms with Gasteiger partial charge in [0, 0.05) is 19.3 Å². The monoisotopic (exact) mass is 807 g/mol. The van der Waals surface area contributed by atoms with E-state index in [1.54, 1.807) is 0 Å². The Kier molecular flexibility index (Phi) is 41.3. The first-order valence-corrected chi connectivity index (χ1v) is 25.1. The molecule has 0 aromatic rings. The lowest BCUT2D eigenvalue weighted by molar-refractivity contribution is -0.167. The van der Waals surface area contributed by atoms with Gasteiger partial charge in [-0.15, -0.1) is 0 Å². The first-order chi connectivity index (χ1) is 27.6. The third-order valence-electron chi connectivity index (χ3n) is 11.8. The topological polar surface area (TPSA) is 78.9 Å². The summed E-state index contributed by atoms with van der Waals surface area (Å²) in [6.45, 7) is 13.7. The molecule has 338 valence electrons. The van der Waals surface area contributed by atoms with E-state index in [2.05, 4.69) is 41.5 Å². The summed E-state index contributed by atoms with van der Waals surface area (Å²) in [5, 5.41) is 0. The number of esters is 3. The van der Waals surface area contributed by atoms with Gasteiger partial charge in [-0.05, 0) is 37.0 Å². The summed E-state index contributed by atoms with van der Waals surface area (Å²) >= 11 is 0. The number of unbranched alkanes of at least 4 members (excludes halogenated alkanes) is 26. The second-order valence-electron chi connectivity index (χ2n) is 18.6. The fourth-order valence-corrected chi connectivity index (χ4v) is 7.55. The van der Waals surface area contributed by atoms with Crippen LogP contribution >= 0.6 is 0 Å². The maximum atomic E-state index is 12.7. The minimum absolute atomic E-state index is 0.0658. The highest BCUT2D eigenvalue weighted by Gasteiger charge is 2.19. The molecule has 0 amide bonds. The van der Waals surface area contributed by atoms with Crippen molar-refractivity contribution >= 4 is 17.9 Å². The molecule has 0 aliphatic carbocycles. The lowest BCUT2D eigenvalue weighted by Crippen LogP contribution is -2.30. The van der Waals surface area contributed by atoms with Gasteiger partial charge in [-0.25, -0.2) is 0 Å². The molecule has 2 atom stereocenters. The van der Waals surface area contributed by atoms with Crippen molar-refractivity contribution in [3.8, 4) is 0 Å². The van der Waals surface area contributed by atoms with Crippen LogP contribution in [0.2, 0.25) is 0 Å². The van der Waals surface area contributed by atoms with E-state index in [1.807, 2.05) is 0 Å². The molecule has 0 radical (unpaired) electrons. The quantitative estimate of drug-likeness (QED) is 0.0347. The smallest absolute Gasteiger partial charge is 0.306 e. The standard InChI is InChI=1S/C51H98O6/c1-7-47(6)39-33-27-21-14-12-10-8-9-11-13-15-22-28-34-40-49(52)55-43-48(44-56-50(53)41-35-29-24-18-20-26-32-38-46(4)5)57-51(54)42-36-30-23-17-16-19-25-31-37-45(2)3/h45-48H,7-44H2,1-6H3/t47?,48-/m1/s1. The molecule has 6 heteroatoms. The molecule has 0 aliphatic heterocycles. The van der Waals surface area contributed by atoms with E-state index < -0.39 is 6.10 Å².